The second-order valence-corrected chi connectivity index (χ2v) is 8.61. The average Bonchev–Trinajstić information content (AvgIpc) is 3.15. The molecule has 1 aromatic carbocycles. The van der Waals surface area contributed by atoms with E-state index in [1.165, 1.54) is 37.7 Å². The number of hydrogen-bond acceptors (Lipinski definition) is 4. The highest BCUT2D eigenvalue weighted by atomic mass is 35.5. The van der Waals surface area contributed by atoms with Crippen LogP contribution in [0.2, 0.25) is 0 Å². The predicted molar refractivity (Wildman–Crippen MR) is 117 cm³/mol. The maximum absolute atomic E-state index is 11.9. The molecule has 2 fully saturated rings. The molecule has 2 atom stereocenters. The monoisotopic (exact) mass is 440 g/mol. The van der Waals surface area contributed by atoms with Gasteiger partial charge in [-0.2, -0.15) is 4.99 Å². The van der Waals surface area contributed by atoms with E-state index in [9.17, 15) is 4.79 Å². The van der Waals surface area contributed by atoms with Gasteiger partial charge in [-0.3, -0.25) is 4.79 Å². The number of aliphatic imine (C=N–C) groups is 1. The van der Waals surface area contributed by atoms with Crippen molar-refractivity contribution in [1.82, 2.24) is 4.90 Å². The fourth-order valence-electron chi connectivity index (χ4n) is 4.22. The third-order valence-electron chi connectivity index (χ3n) is 5.85. The predicted octanol–water partition coefficient (Wildman–Crippen LogP) is 5.16. The van der Waals surface area contributed by atoms with Crippen LogP contribution in [0, 0.1) is 5.92 Å². The van der Waals surface area contributed by atoms with E-state index in [2.05, 4.69) is 34.2 Å². The normalized spacial score (nSPS) is 24.2. The highest BCUT2D eigenvalue weighted by Gasteiger charge is 2.37. The van der Waals surface area contributed by atoms with Gasteiger partial charge in [-0.1, -0.05) is 38.3 Å². The maximum atomic E-state index is 11.9. The van der Waals surface area contributed by atoms with Gasteiger partial charge in [-0.25, -0.2) is 0 Å². The summed E-state index contributed by atoms with van der Waals surface area (Å²) in [6, 6.07) is 9.03. The van der Waals surface area contributed by atoms with Crippen LogP contribution in [-0.2, 0) is 9.53 Å². The van der Waals surface area contributed by atoms with Gasteiger partial charge in [-0.05, 0) is 42.9 Å². The first-order valence-electron chi connectivity index (χ1n) is 10.5. The highest BCUT2D eigenvalue weighted by molar-refractivity contribution is 6.40. The quantitative estimate of drug-likeness (QED) is 0.593. The van der Waals surface area contributed by atoms with Crippen molar-refractivity contribution in [3.8, 4) is 5.75 Å². The lowest BCUT2D eigenvalue weighted by Crippen LogP contribution is -2.39. The molecule has 2 aliphatic heterocycles. The molecule has 1 saturated carbocycles. The van der Waals surface area contributed by atoms with Gasteiger partial charge >= 0.3 is 0 Å². The van der Waals surface area contributed by atoms with E-state index in [0.29, 0.717) is 25.1 Å². The first-order chi connectivity index (χ1) is 14.1. The largest absolute Gasteiger partial charge is 0.490 e. The Hall–Kier alpha value is -1.46. The molecule has 1 aliphatic carbocycles. The fourth-order valence-corrected chi connectivity index (χ4v) is 4.22. The Bertz CT molecular complexity index is 690. The first-order valence-corrected chi connectivity index (χ1v) is 11.6. The second-order valence-electron chi connectivity index (χ2n) is 7.80. The van der Waals surface area contributed by atoms with E-state index in [-0.39, 0.29) is 23.3 Å². The van der Waals surface area contributed by atoms with Crippen molar-refractivity contribution in [2.24, 2.45) is 10.9 Å². The van der Waals surface area contributed by atoms with Crippen LogP contribution in [0.3, 0.4) is 0 Å². The number of halogens is 2. The summed E-state index contributed by atoms with van der Waals surface area (Å²) in [5, 5.41) is 0.194. The van der Waals surface area contributed by atoms with Crippen molar-refractivity contribution in [1.29, 1.82) is 0 Å². The molecule has 1 aromatic rings. The number of hydrogen-bond donors (Lipinski definition) is 0. The van der Waals surface area contributed by atoms with E-state index in [1.807, 2.05) is 6.92 Å². The van der Waals surface area contributed by atoms with Gasteiger partial charge in [0.2, 0.25) is 0 Å². The van der Waals surface area contributed by atoms with Crippen LogP contribution in [-0.4, -0.2) is 48.0 Å². The number of benzene rings is 1. The summed E-state index contributed by atoms with van der Waals surface area (Å²) < 4.78 is 11.7. The standard InChI is InChI=1S/C21H28N2O3.CH2Cl2/c1-2-15-12-23-13-19(26-21(23)22-20(15)24)14-25-18-10-8-17(9-11-18)16-6-4-3-5-7-16;2-1-3/h8-11,15-16,19H,2-7,12-14H2,1H3;1H2/t15-,19+;/m1./s1. The summed E-state index contributed by atoms with van der Waals surface area (Å²) in [4.78, 5) is 18.0. The summed E-state index contributed by atoms with van der Waals surface area (Å²) in [5.41, 5.74) is 1.43. The van der Waals surface area contributed by atoms with Crippen LogP contribution in [0.4, 0.5) is 0 Å². The molecule has 160 valence electrons. The highest BCUT2D eigenvalue weighted by Crippen LogP contribution is 2.33. The van der Waals surface area contributed by atoms with Crippen molar-refractivity contribution in [3.05, 3.63) is 29.8 Å². The number of fused-ring (bicyclic) bond motifs is 1. The number of rotatable bonds is 5. The summed E-state index contributed by atoms with van der Waals surface area (Å²) >= 11 is 9.53. The van der Waals surface area contributed by atoms with Crippen molar-refractivity contribution in [2.45, 2.75) is 57.5 Å². The lowest BCUT2D eigenvalue weighted by atomic mass is 9.84. The minimum atomic E-state index is -0.0739. The molecule has 0 N–H and O–H groups in total. The third kappa shape index (κ3) is 6.02. The molecule has 0 aromatic heterocycles. The third-order valence-corrected chi connectivity index (χ3v) is 5.85. The molecule has 3 aliphatic rings. The van der Waals surface area contributed by atoms with Gasteiger partial charge in [0.05, 0.1) is 17.8 Å². The van der Waals surface area contributed by atoms with Gasteiger partial charge in [0, 0.05) is 6.54 Å². The number of amidine groups is 1. The molecule has 0 radical (unpaired) electrons. The van der Waals surface area contributed by atoms with Gasteiger partial charge in [0.15, 0.2) is 6.10 Å². The summed E-state index contributed by atoms with van der Waals surface area (Å²) in [6.07, 6.45) is 7.45. The maximum Gasteiger partial charge on any atom is 0.295 e. The van der Waals surface area contributed by atoms with E-state index in [0.717, 1.165) is 18.7 Å². The smallest absolute Gasteiger partial charge is 0.295 e. The lowest BCUT2D eigenvalue weighted by Gasteiger charge is -2.24. The zero-order valence-corrected chi connectivity index (χ0v) is 18.5. The van der Waals surface area contributed by atoms with E-state index in [1.54, 1.807) is 0 Å². The van der Waals surface area contributed by atoms with Crippen LogP contribution < -0.4 is 4.74 Å². The Morgan fingerprint density at radius 2 is 1.83 bits per heavy atom. The number of carbonyl (C=O) groups is 1. The number of carbonyl (C=O) groups excluding carboxylic acids is 1. The van der Waals surface area contributed by atoms with Crippen molar-refractivity contribution < 1.29 is 14.3 Å². The Morgan fingerprint density at radius 3 is 2.48 bits per heavy atom. The molecule has 2 heterocycles. The number of nitrogens with zero attached hydrogens (tertiary/aromatic N) is 2. The van der Waals surface area contributed by atoms with Crippen molar-refractivity contribution in [2.75, 3.05) is 25.0 Å². The summed E-state index contributed by atoms with van der Waals surface area (Å²) in [7, 11) is 0. The van der Waals surface area contributed by atoms with Gasteiger partial charge in [-0.15, -0.1) is 23.2 Å². The average molecular weight is 441 g/mol. The second kappa shape index (κ2) is 11.1. The molecule has 5 nitrogen and oxygen atoms in total. The summed E-state index contributed by atoms with van der Waals surface area (Å²) in [5.74, 6) is 1.53. The van der Waals surface area contributed by atoms with Crippen LogP contribution in [0.25, 0.3) is 0 Å². The Labute approximate surface area is 183 Å². The Balaban J connectivity index is 0.000000755. The fraction of sp³-hybridized carbons (Fsp3) is 0.636. The van der Waals surface area contributed by atoms with Crippen LogP contribution in [0.1, 0.15) is 56.9 Å². The Morgan fingerprint density at radius 1 is 1.14 bits per heavy atom. The SMILES string of the molecule is CC[C@@H]1CN2C[C@@H](COc3ccc(C4CCCCC4)cc3)OC2=NC1=O.ClCCl. The van der Waals surface area contributed by atoms with Crippen LogP contribution in [0.5, 0.6) is 5.75 Å². The summed E-state index contributed by atoms with van der Waals surface area (Å²) in [6.45, 7) is 3.95. The number of amides is 1. The Kier molecular flexibility index (Phi) is 8.49. The van der Waals surface area contributed by atoms with Crippen LogP contribution in [0.15, 0.2) is 29.3 Å². The van der Waals surface area contributed by atoms with Gasteiger partial charge in [0.25, 0.3) is 11.9 Å². The van der Waals surface area contributed by atoms with Gasteiger partial charge < -0.3 is 14.4 Å². The van der Waals surface area contributed by atoms with Crippen molar-refractivity contribution in [3.63, 3.8) is 0 Å². The molecule has 4 rings (SSSR count). The van der Waals surface area contributed by atoms with Crippen LogP contribution >= 0.6 is 23.2 Å². The number of ether oxygens (including phenoxy) is 2. The molecular weight excluding hydrogens is 411 g/mol. The molecule has 0 spiro atoms. The molecular formula is C22H30Cl2N2O3. The first kappa shape index (κ1) is 22.2. The minimum Gasteiger partial charge on any atom is -0.490 e. The zero-order chi connectivity index (χ0) is 20.6. The molecule has 0 unspecified atom stereocenters. The molecule has 1 amide bonds. The van der Waals surface area contributed by atoms with E-state index < -0.39 is 0 Å². The lowest BCUT2D eigenvalue weighted by molar-refractivity contribution is -0.122. The molecule has 1 saturated heterocycles. The molecule has 29 heavy (non-hydrogen) atoms. The topological polar surface area (TPSA) is 51.1 Å². The van der Waals surface area contributed by atoms with E-state index >= 15 is 0 Å². The van der Waals surface area contributed by atoms with Gasteiger partial charge in [0.1, 0.15) is 12.4 Å². The number of alkyl halides is 2. The van der Waals surface area contributed by atoms with Crippen molar-refractivity contribution >= 4 is 35.1 Å². The molecule has 0 bridgehead atoms. The zero-order valence-electron chi connectivity index (χ0n) is 17.0. The van der Waals surface area contributed by atoms with E-state index in [4.69, 9.17) is 32.7 Å². The minimum absolute atomic E-state index is 0.00523. The molecule has 7 heteroatoms.